The third kappa shape index (κ3) is 3.83. The van der Waals surface area contributed by atoms with Gasteiger partial charge in [-0.3, -0.25) is 15.3 Å². The van der Waals surface area contributed by atoms with Crippen LogP contribution in [0.3, 0.4) is 0 Å². The maximum Gasteiger partial charge on any atom is 0.131 e. The Hall–Kier alpha value is -2.53. The number of methoxy groups -OCH3 is 1. The Bertz CT molecular complexity index is 744. The van der Waals surface area contributed by atoms with Gasteiger partial charge in [-0.15, -0.1) is 0 Å². The number of ether oxygens (including phenoxy) is 1. The number of nitrogens with zero attached hydrogens (tertiary/aromatic N) is 3. The molecular formula is C21H26N4O. The van der Waals surface area contributed by atoms with Gasteiger partial charge in [-0.1, -0.05) is 30.3 Å². The first-order chi connectivity index (χ1) is 12.8. The molecule has 0 aromatic heterocycles. The van der Waals surface area contributed by atoms with Gasteiger partial charge in [0.25, 0.3) is 0 Å². The van der Waals surface area contributed by atoms with Gasteiger partial charge in [0.2, 0.25) is 0 Å². The number of hydrogen-bond donors (Lipinski definition) is 1. The fourth-order valence-corrected chi connectivity index (χ4v) is 3.75. The van der Waals surface area contributed by atoms with Crippen LogP contribution in [0.15, 0.2) is 59.6 Å². The van der Waals surface area contributed by atoms with Crippen molar-refractivity contribution in [1.29, 1.82) is 0 Å². The average molecular weight is 350 g/mol. The molecule has 0 spiro atoms. The van der Waals surface area contributed by atoms with Crippen LogP contribution in [-0.2, 0) is 6.54 Å². The summed E-state index contributed by atoms with van der Waals surface area (Å²) in [7, 11) is 1.69. The molecule has 2 heterocycles. The van der Waals surface area contributed by atoms with E-state index in [4.69, 9.17) is 9.73 Å². The number of benzene rings is 2. The monoisotopic (exact) mass is 350 g/mol. The fraction of sp³-hybridized carbons (Fsp3) is 0.381. The van der Waals surface area contributed by atoms with E-state index in [-0.39, 0.29) is 0 Å². The van der Waals surface area contributed by atoms with Gasteiger partial charge in [-0.05, 0) is 49.2 Å². The summed E-state index contributed by atoms with van der Waals surface area (Å²) in [6.45, 7) is 3.92. The minimum atomic E-state index is 0.482. The van der Waals surface area contributed by atoms with Gasteiger partial charge in [0.05, 0.1) is 12.8 Å². The van der Waals surface area contributed by atoms with E-state index in [2.05, 4.69) is 57.8 Å². The van der Waals surface area contributed by atoms with Crippen LogP contribution in [-0.4, -0.2) is 37.6 Å². The average Bonchev–Trinajstić information content (AvgIpc) is 3.19. The lowest BCUT2D eigenvalue weighted by molar-refractivity contribution is 0.195. The molecule has 4 rings (SSSR count). The number of rotatable bonds is 5. The van der Waals surface area contributed by atoms with E-state index in [9.17, 15) is 0 Å². The Balaban J connectivity index is 1.35. The van der Waals surface area contributed by atoms with Crippen molar-refractivity contribution in [2.45, 2.75) is 19.4 Å². The molecule has 2 aliphatic rings. The lowest BCUT2D eigenvalue weighted by atomic mass is 9.96. The summed E-state index contributed by atoms with van der Waals surface area (Å²) in [6, 6.07) is 18.8. The zero-order valence-corrected chi connectivity index (χ0v) is 15.3. The van der Waals surface area contributed by atoms with Crippen LogP contribution in [0.1, 0.15) is 18.4 Å². The molecule has 26 heavy (non-hydrogen) atoms. The first-order valence-electron chi connectivity index (χ1n) is 9.31. The van der Waals surface area contributed by atoms with E-state index >= 15 is 0 Å². The predicted molar refractivity (Wildman–Crippen MR) is 105 cm³/mol. The molecule has 0 bridgehead atoms. The minimum absolute atomic E-state index is 0.482. The van der Waals surface area contributed by atoms with Gasteiger partial charge in [0, 0.05) is 19.0 Å². The zero-order chi connectivity index (χ0) is 17.8. The number of hydrogen-bond acceptors (Lipinski definition) is 5. The Morgan fingerprint density at radius 1 is 1.12 bits per heavy atom. The van der Waals surface area contributed by atoms with Crippen LogP contribution >= 0.6 is 0 Å². The standard InChI is InChI=1S/C21H26N4O/c1-26-20-11-9-19(10-12-20)25-16-22-21(23-25)18-8-5-13-24(15-18)14-17-6-3-2-4-7-17/h2-4,6-7,9-12,18H,5,8,13-16H2,1H3,(H,22,23). The molecule has 2 aromatic rings. The van der Waals surface area contributed by atoms with Gasteiger partial charge < -0.3 is 4.74 Å². The number of hydrazine groups is 1. The van der Waals surface area contributed by atoms with Crippen LogP contribution in [0.5, 0.6) is 5.75 Å². The van der Waals surface area contributed by atoms with Crippen molar-refractivity contribution in [2.24, 2.45) is 10.9 Å². The second-order valence-electron chi connectivity index (χ2n) is 6.98. The molecule has 5 nitrogen and oxygen atoms in total. The topological polar surface area (TPSA) is 40.1 Å². The summed E-state index contributed by atoms with van der Waals surface area (Å²) >= 11 is 0. The largest absolute Gasteiger partial charge is 0.497 e. The van der Waals surface area contributed by atoms with Gasteiger partial charge >= 0.3 is 0 Å². The molecule has 2 aliphatic heterocycles. The molecule has 2 aromatic carbocycles. The number of amidine groups is 1. The fourth-order valence-electron chi connectivity index (χ4n) is 3.75. The van der Waals surface area contributed by atoms with Crippen molar-refractivity contribution < 1.29 is 4.74 Å². The quantitative estimate of drug-likeness (QED) is 0.898. The summed E-state index contributed by atoms with van der Waals surface area (Å²) in [5.41, 5.74) is 6.01. The van der Waals surface area contributed by atoms with Crippen molar-refractivity contribution in [3.63, 3.8) is 0 Å². The van der Waals surface area contributed by atoms with Gasteiger partial charge in [0.15, 0.2) is 0 Å². The van der Waals surface area contributed by atoms with Crippen molar-refractivity contribution in [1.82, 2.24) is 10.3 Å². The van der Waals surface area contributed by atoms with Crippen molar-refractivity contribution >= 4 is 11.5 Å². The molecule has 0 radical (unpaired) electrons. The first kappa shape index (κ1) is 16.9. The first-order valence-corrected chi connectivity index (χ1v) is 9.31. The third-order valence-corrected chi connectivity index (χ3v) is 5.16. The van der Waals surface area contributed by atoms with Crippen molar-refractivity contribution in [3.8, 4) is 5.75 Å². The molecule has 0 amide bonds. The molecule has 0 saturated carbocycles. The summed E-state index contributed by atoms with van der Waals surface area (Å²) in [4.78, 5) is 7.32. The molecule has 136 valence electrons. The maximum absolute atomic E-state index is 5.24. The Morgan fingerprint density at radius 2 is 1.92 bits per heavy atom. The van der Waals surface area contributed by atoms with Crippen LogP contribution in [0, 0.1) is 5.92 Å². The highest BCUT2D eigenvalue weighted by Gasteiger charge is 2.28. The van der Waals surface area contributed by atoms with Gasteiger partial charge in [-0.25, -0.2) is 4.99 Å². The minimum Gasteiger partial charge on any atom is -0.497 e. The summed E-state index contributed by atoms with van der Waals surface area (Å²) < 4.78 is 5.24. The molecule has 0 aliphatic carbocycles. The predicted octanol–water partition coefficient (Wildman–Crippen LogP) is 3.29. The van der Waals surface area contributed by atoms with E-state index < -0.39 is 0 Å². The molecule has 1 saturated heterocycles. The second-order valence-corrected chi connectivity index (χ2v) is 6.98. The SMILES string of the molecule is COc1ccc(N2CN=C(C3CCCN(Cc4ccccc4)C3)N2)cc1. The number of nitrogens with one attached hydrogen (secondary N) is 1. The van der Waals surface area contributed by atoms with E-state index in [0.717, 1.165) is 30.4 Å². The number of anilines is 1. The van der Waals surface area contributed by atoms with Crippen LogP contribution in [0.25, 0.3) is 0 Å². The van der Waals surface area contributed by atoms with E-state index in [0.29, 0.717) is 12.6 Å². The van der Waals surface area contributed by atoms with E-state index in [1.165, 1.54) is 24.9 Å². The number of aliphatic imine (C=N–C) groups is 1. The summed E-state index contributed by atoms with van der Waals surface area (Å²) in [5.74, 6) is 2.48. The molecule has 1 unspecified atom stereocenters. The zero-order valence-electron chi connectivity index (χ0n) is 15.3. The van der Waals surface area contributed by atoms with E-state index in [1.807, 2.05) is 12.1 Å². The van der Waals surface area contributed by atoms with Crippen molar-refractivity contribution in [3.05, 3.63) is 60.2 Å². The molecular weight excluding hydrogens is 324 g/mol. The molecule has 1 N–H and O–H groups in total. The highest BCUT2D eigenvalue weighted by atomic mass is 16.5. The Kier molecular flexibility index (Phi) is 5.07. The maximum atomic E-state index is 5.24. The second kappa shape index (κ2) is 7.79. The van der Waals surface area contributed by atoms with Crippen LogP contribution in [0.4, 0.5) is 5.69 Å². The highest BCUT2D eigenvalue weighted by Crippen LogP contribution is 2.24. The Morgan fingerprint density at radius 3 is 2.69 bits per heavy atom. The summed E-state index contributed by atoms with van der Waals surface area (Å²) in [5, 5.41) is 2.10. The molecule has 1 fully saturated rings. The van der Waals surface area contributed by atoms with Gasteiger partial charge in [0.1, 0.15) is 18.3 Å². The lowest BCUT2D eigenvalue weighted by Gasteiger charge is -2.33. The summed E-state index contributed by atoms with van der Waals surface area (Å²) in [6.07, 6.45) is 2.42. The van der Waals surface area contributed by atoms with Crippen molar-refractivity contribution in [2.75, 3.05) is 31.9 Å². The molecule has 5 heteroatoms. The van der Waals surface area contributed by atoms with E-state index in [1.54, 1.807) is 7.11 Å². The number of likely N-dealkylation sites (tertiary alicyclic amines) is 1. The highest BCUT2D eigenvalue weighted by molar-refractivity contribution is 5.88. The lowest BCUT2D eigenvalue weighted by Crippen LogP contribution is -2.45. The Labute approximate surface area is 155 Å². The smallest absolute Gasteiger partial charge is 0.131 e. The van der Waals surface area contributed by atoms with Crippen LogP contribution in [0.2, 0.25) is 0 Å². The van der Waals surface area contributed by atoms with Gasteiger partial charge in [-0.2, -0.15) is 0 Å². The van der Waals surface area contributed by atoms with Crippen LogP contribution < -0.4 is 15.2 Å². The third-order valence-electron chi connectivity index (χ3n) is 5.16. The number of piperidine rings is 1. The normalized spacial score (nSPS) is 20.6. The molecule has 1 atom stereocenters.